The van der Waals surface area contributed by atoms with Crippen LogP contribution in [0.25, 0.3) is 0 Å². The molecule has 3 unspecified atom stereocenters. The molecule has 1 aromatic rings. The first kappa shape index (κ1) is 12.9. The van der Waals surface area contributed by atoms with Gasteiger partial charge in [-0.3, -0.25) is 0 Å². The molecular weight excluding hydrogens is 238 g/mol. The van der Waals surface area contributed by atoms with Gasteiger partial charge in [0.25, 0.3) is 0 Å². The minimum atomic E-state index is -0.232. The van der Waals surface area contributed by atoms with Gasteiger partial charge in [-0.25, -0.2) is 0 Å². The number of aliphatic hydroxyl groups excluding tert-OH is 1. The first-order valence-corrected chi connectivity index (χ1v) is 7.27. The maximum atomic E-state index is 10.3. The van der Waals surface area contributed by atoms with E-state index in [0.717, 1.165) is 39.1 Å². The molecule has 0 radical (unpaired) electrons. The summed E-state index contributed by atoms with van der Waals surface area (Å²) in [6, 6.07) is 11.0. The second-order valence-corrected chi connectivity index (χ2v) is 5.52. The smallest absolute Gasteiger partial charge is 0.0713 e. The summed E-state index contributed by atoms with van der Waals surface area (Å²) in [5.74, 6) is 0.356. The molecule has 0 amide bonds. The van der Waals surface area contributed by atoms with E-state index in [9.17, 15) is 5.11 Å². The zero-order valence-electron chi connectivity index (χ0n) is 11.3. The summed E-state index contributed by atoms with van der Waals surface area (Å²) in [5, 5.41) is 17.0. The molecule has 4 heteroatoms. The zero-order valence-corrected chi connectivity index (χ0v) is 11.3. The second kappa shape index (κ2) is 5.90. The van der Waals surface area contributed by atoms with Crippen LogP contribution in [0.4, 0.5) is 5.69 Å². The molecule has 19 heavy (non-hydrogen) atoms. The fourth-order valence-corrected chi connectivity index (χ4v) is 3.36. The molecule has 1 aromatic carbocycles. The van der Waals surface area contributed by atoms with Crippen molar-refractivity contribution in [2.45, 2.75) is 18.6 Å². The molecule has 3 atom stereocenters. The molecule has 0 bridgehead atoms. The van der Waals surface area contributed by atoms with Crippen LogP contribution in [0.3, 0.4) is 0 Å². The molecule has 2 aliphatic heterocycles. The molecule has 0 aliphatic carbocycles. The number of nitrogens with zero attached hydrogens (tertiary/aromatic N) is 1. The molecule has 2 heterocycles. The first-order valence-electron chi connectivity index (χ1n) is 7.27. The van der Waals surface area contributed by atoms with Crippen molar-refractivity contribution < 1.29 is 5.11 Å². The largest absolute Gasteiger partial charge is 0.391 e. The highest BCUT2D eigenvalue weighted by Gasteiger charge is 2.35. The highest BCUT2D eigenvalue weighted by Crippen LogP contribution is 2.27. The molecular formula is C15H23N3O. The summed E-state index contributed by atoms with van der Waals surface area (Å²) in [7, 11) is 0. The lowest BCUT2D eigenvalue weighted by atomic mass is 9.85. The number of rotatable bonds is 2. The van der Waals surface area contributed by atoms with Gasteiger partial charge in [-0.05, 0) is 25.1 Å². The van der Waals surface area contributed by atoms with Crippen molar-refractivity contribution in [3.63, 3.8) is 0 Å². The van der Waals surface area contributed by atoms with Crippen molar-refractivity contribution in [3.8, 4) is 0 Å². The number of hydrogen-bond acceptors (Lipinski definition) is 4. The molecule has 4 nitrogen and oxygen atoms in total. The Balaban J connectivity index is 1.80. The number of aliphatic hydroxyl groups is 1. The van der Waals surface area contributed by atoms with Crippen LogP contribution in [0.2, 0.25) is 0 Å². The third-order valence-corrected chi connectivity index (χ3v) is 4.37. The number of para-hydroxylation sites is 1. The molecule has 0 saturated carbocycles. The van der Waals surface area contributed by atoms with E-state index >= 15 is 0 Å². The lowest BCUT2D eigenvalue weighted by molar-refractivity contribution is 0.0630. The normalized spacial score (nSPS) is 32.3. The number of β-amino-alcohol motifs (C(OH)–C–C–N with tert-alkyl or cyclic N) is 1. The molecule has 0 aromatic heterocycles. The van der Waals surface area contributed by atoms with Crippen molar-refractivity contribution >= 4 is 5.69 Å². The van der Waals surface area contributed by atoms with Crippen LogP contribution in [0.5, 0.6) is 0 Å². The first-order chi connectivity index (χ1) is 9.36. The highest BCUT2D eigenvalue weighted by atomic mass is 16.3. The third-order valence-electron chi connectivity index (χ3n) is 4.37. The average molecular weight is 261 g/mol. The standard InChI is InChI=1S/C15H23N3O/c19-15-11-16-7-6-13(15)14-10-17-8-9-18(14)12-4-2-1-3-5-12/h1-5,13-17,19H,6-11H2. The van der Waals surface area contributed by atoms with Crippen LogP contribution in [0, 0.1) is 5.92 Å². The SMILES string of the molecule is OC1CNCCC1C1CNCCN1c1ccccc1. The fourth-order valence-electron chi connectivity index (χ4n) is 3.36. The summed E-state index contributed by atoms with van der Waals surface area (Å²) in [4.78, 5) is 2.47. The summed E-state index contributed by atoms with van der Waals surface area (Å²) in [5.41, 5.74) is 1.28. The van der Waals surface area contributed by atoms with Gasteiger partial charge in [0.05, 0.1) is 6.10 Å². The van der Waals surface area contributed by atoms with E-state index in [1.54, 1.807) is 0 Å². The molecule has 2 aliphatic rings. The lowest BCUT2D eigenvalue weighted by Crippen LogP contribution is -2.59. The van der Waals surface area contributed by atoms with E-state index in [1.807, 2.05) is 0 Å². The highest BCUT2D eigenvalue weighted by molar-refractivity contribution is 5.48. The zero-order chi connectivity index (χ0) is 13.1. The molecule has 2 saturated heterocycles. The minimum absolute atomic E-state index is 0.232. The average Bonchev–Trinajstić information content (AvgIpc) is 2.49. The van der Waals surface area contributed by atoms with Gasteiger partial charge in [-0.1, -0.05) is 18.2 Å². The second-order valence-electron chi connectivity index (χ2n) is 5.52. The topological polar surface area (TPSA) is 47.5 Å². The van der Waals surface area contributed by atoms with E-state index in [0.29, 0.717) is 12.0 Å². The minimum Gasteiger partial charge on any atom is -0.391 e. The van der Waals surface area contributed by atoms with E-state index in [4.69, 9.17) is 0 Å². The van der Waals surface area contributed by atoms with Gasteiger partial charge in [0, 0.05) is 43.8 Å². The van der Waals surface area contributed by atoms with Crippen LogP contribution in [0.1, 0.15) is 6.42 Å². The maximum Gasteiger partial charge on any atom is 0.0713 e. The Labute approximate surface area is 114 Å². The summed E-state index contributed by atoms with van der Waals surface area (Å²) in [6.45, 7) is 4.75. The van der Waals surface area contributed by atoms with Gasteiger partial charge in [-0.2, -0.15) is 0 Å². The third kappa shape index (κ3) is 2.76. The van der Waals surface area contributed by atoms with Crippen molar-refractivity contribution in [1.82, 2.24) is 10.6 Å². The van der Waals surface area contributed by atoms with Crippen molar-refractivity contribution in [2.24, 2.45) is 5.92 Å². The molecule has 104 valence electrons. The number of piperidine rings is 1. The summed E-state index contributed by atoms with van der Waals surface area (Å²) >= 11 is 0. The van der Waals surface area contributed by atoms with Gasteiger partial charge in [0.15, 0.2) is 0 Å². The number of piperazine rings is 1. The van der Waals surface area contributed by atoms with E-state index in [-0.39, 0.29) is 6.10 Å². The lowest BCUT2D eigenvalue weighted by Gasteiger charge is -2.45. The van der Waals surface area contributed by atoms with Crippen LogP contribution in [0.15, 0.2) is 30.3 Å². The van der Waals surface area contributed by atoms with Crippen molar-refractivity contribution in [2.75, 3.05) is 37.6 Å². The van der Waals surface area contributed by atoms with Crippen LogP contribution < -0.4 is 15.5 Å². The van der Waals surface area contributed by atoms with E-state index in [2.05, 4.69) is 45.9 Å². The number of nitrogens with one attached hydrogen (secondary N) is 2. The molecule has 2 fully saturated rings. The Hall–Kier alpha value is -1.10. The quantitative estimate of drug-likeness (QED) is 0.723. The molecule has 3 N–H and O–H groups in total. The van der Waals surface area contributed by atoms with E-state index < -0.39 is 0 Å². The summed E-state index contributed by atoms with van der Waals surface area (Å²) in [6.07, 6.45) is 0.821. The fraction of sp³-hybridized carbons (Fsp3) is 0.600. The van der Waals surface area contributed by atoms with Gasteiger partial charge in [-0.15, -0.1) is 0 Å². The number of hydrogen-bond donors (Lipinski definition) is 3. The predicted octanol–water partition coefficient (Wildman–Crippen LogP) is 0.435. The van der Waals surface area contributed by atoms with Crippen molar-refractivity contribution in [3.05, 3.63) is 30.3 Å². The van der Waals surface area contributed by atoms with E-state index in [1.165, 1.54) is 5.69 Å². The molecule has 3 rings (SSSR count). The van der Waals surface area contributed by atoms with Crippen molar-refractivity contribution in [1.29, 1.82) is 0 Å². The maximum absolute atomic E-state index is 10.3. The Morgan fingerprint density at radius 3 is 2.63 bits per heavy atom. The Bertz CT molecular complexity index is 398. The van der Waals surface area contributed by atoms with Crippen LogP contribution in [-0.2, 0) is 0 Å². The van der Waals surface area contributed by atoms with Gasteiger partial charge in [0.1, 0.15) is 0 Å². The molecule has 0 spiro atoms. The number of anilines is 1. The number of benzene rings is 1. The summed E-state index contributed by atoms with van der Waals surface area (Å²) < 4.78 is 0. The Kier molecular flexibility index (Phi) is 4.01. The van der Waals surface area contributed by atoms with Gasteiger partial charge < -0.3 is 20.6 Å². The van der Waals surface area contributed by atoms with Gasteiger partial charge >= 0.3 is 0 Å². The van der Waals surface area contributed by atoms with Crippen LogP contribution >= 0.6 is 0 Å². The predicted molar refractivity (Wildman–Crippen MR) is 77.4 cm³/mol. The monoisotopic (exact) mass is 261 g/mol. The Morgan fingerprint density at radius 1 is 1.05 bits per heavy atom. The van der Waals surface area contributed by atoms with Crippen LogP contribution in [-0.4, -0.2) is 50.0 Å². The van der Waals surface area contributed by atoms with Gasteiger partial charge in [0.2, 0.25) is 0 Å². The Morgan fingerprint density at radius 2 is 1.84 bits per heavy atom.